The summed E-state index contributed by atoms with van der Waals surface area (Å²) in [5.41, 5.74) is -0.763. The van der Waals surface area contributed by atoms with E-state index in [1.54, 1.807) is 0 Å². The molecule has 1 unspecified atom stereocenters. The van der Waals surface area contributed by atoms with Crippen LogP contribution in [-0.2, 0) is 0 Å². The zero-order chi connectivity index (χ0) is 5.86. The Labute approximate surface area is 59.0 Å². The molecule has 0 saturated carbocycles. The molecular formula is C2H7NOS3. The van der Waals surface area contributed by atoms with Crippen molar-refractivity contribution in [1.29, 1.82) is 0 Å². The number of aliphatic hydroxyl groups excluding tert-OH is 1. The zero-order valence-corrected chi connectivity index (χ0v) is 6.13. The summed E-state index contributed by atoms with van der Waals surface area (Å²) in [7, 11) is 0. The first-order valence-corrected chi connectivity index (χ1v) is 3.10. The number of aliphatic hydroxyl groups is 1. The minimum absolute atomic E-state index is 0.369. The second-order valence-electron chi connectivity index (χ2n) is 0.988. The van der Waals surface area contributed by atoms with Crippen LogP contribution in [0, 0.1) is 0 Å². The molecule has 0 rings (SSSR count). The summed E-state index contributed by atoms with van der Waals surface area (Å²) in [6.45, 7) is 0. The van der Waals surface area contributed by atoms with E-state index in [0.717, 1.165) is 0 Å². The minimum atomic E-state index is -0.763. The molecule has 0 aliphatic carbocycles. The second-order valence-corrected chi connectivity index (χ2v) is 2.33. The highest BCUT2D eigenvalue weighted by molar-refractivity contribution is 7.86. The molecule has 44 valence electrons. The summed E-state index contributed by atoms with van der Waals surface area (Å²) in [5, 5.41) is 8.13. The lowest BCUT2D eigenvalue weighted by Gasteiger charge is -2.08. The molecule has 0 heterocycles. The van der Waals surface area contributed by atoms with Gasteiger partial charge in [0.2, 0.25) is 0 Å². The number of hydrogen-bond donors (Lipinski definition) is 5. The molecule has 0 aromatic rings. The number of rotatable bonds is 2. The molecule has 0 aliphatic heterocycles. The van der Waals surface area contributed by atoms with Crippen molar-refractivity contribution < 1.29 is 5.11 Å². The van der Waals surface area contributed by atoms with Gasteiger partial charge in [-0.3, -0.25) is 4.72 Å². The highest BCUT2D eigenvalue weighted by Gasteiger charge is 2.05. The molecule has 0 bridgehead atoms. The predicted octanol–water partition coefficient (Wildman–Crippen LogP) is -0.0751. The van der Waals surface area contributed by atoms with Crippen LogP contribution in [0.4, 0.5) is 0 Å². The fourth-order valence-corrected chi connectivity index (χ4v) is 0.400. The van der Waals surface area contributed by atoms with Crippen LogP contribution >= 0.6 is 38.1 Å². The van der Waals surface area contributed by atoms with Crippen LogP contribution in [0.1, 0.15) is 0 Å². The van der Waals surface area contributed by atoms with Gasteiger partial charge in [-0.25, -0.2) is 0 Å². The van der Waals surface area contributed by atoms with Crippen molar-refractivity contribution in [2.24, 2.45) is 0 Å². The van der Waals surface area contributed by atoms with E-state index in [4.69, 9.17) is 5.11 Å². The molecule has 0 aliphatic rings. The van der Waals surface area contributed by atoms with Crippen molar-refractivity contribution >= 4 is 38.1 Å². The Morgan fingerprint density at radius 1 is 1.43 bits per heavy atom. The van der Waals surface area contributed by atoms with Gasteiger partial charge in [0.1, 0.15) is 5.44 Å². The number of thiol groups is 3. The van der Waals surface area contributed by atoms with Crippen LogP contribution in [0.15, 0.2) is 0 Å². The smallest absolute Gasteiger partial charge is 0.122 e. The van der Waals surface area contributed by atoms with Crippen LogP contribution in [0.2, 0.25) is 0 Å². The Kier molecular flexibility index (Phi) is 4.45. The van der Waals surface area contributed by atoms with Crippen molar-refractivity contribution in [3.63, 3.8) is 0 Å². The first-order valence-electron chi connectivity index (χ1n) is 1.62. The third-order valence-electron chi connectivity index (χ3n) is 0.415. The van der Waals surface area contributed by atoms with E-state index in [1.165, 1.54) is 0 Å². The van der Waals surface area contributed by atoms with Gasteiger partial charge in [-0.2, -0.15) is 12.6 Å². The third-order valence-corrected chi connectivity index (χ3v) is 1.84. The van der Waals surface area contributed by atoms with Crippen molar-refractivity contribution in [1.82, 2.24) is 4.72 Å². The molecule has 7 heavy (non-hydrogen) atoms. The van der Waals surface area contributed by atoms with Gasteiger partial charge in [0.05, 0.1) is 5.37 Å². The number of nitrogens with one attached hydrogen (secondary N) is 1. The van der Waals surface area contributed by atoms with Gasteiger partial charge < -0.3 is 5.11 Å². The summed E-state index contributed by atoms with van der Waals surface area (Å²) >= 11 is 11.1. The molecule has 2 atom stereocenters. The summed E-state index contributed by atoms with van der Waals surface area (Å²) in [5.74, 6) is 0. The van der Waals surface area contributed by atoms with Gasteiger partial charge in [-0.15, -0.1) is 12.6 Å². The topological polar surface area (TPSA) is 32.3 Å². The fraction of sp³-hybridized carbons (Fsp3) is 1.00. The molecule has 0 spiro atoms. The summed E-state index contributed by atoms with van der Waals surface area (Å²) < 4.78 is 2.40. The van der Waals surface area contributed by atoms with E-state index in [2.05, 4.69) is 42.8 Å². The van der Waals surface area contributed by atoms with Crippen molar-refractivity contribution in [2.75, 3.05) is 0 Å². The average Bonchev–Trinajstić information content (AvgIpc) is 1.65. The quantitative estimate of drug-likeness (QED) is 0.287. The van der Waals surface area contributed by atoms with Gasteiger partial charge in [0.15, 0.2) is 0 Å². The van der Waals surface area contributed by atoms with E-state index in [-0.39, 0.29) is 5.37 Å². The highest BCUT2D eigenvalue weighted by atomic mass is 32.1. The van der Waals surface area contributed by atoms with Gasteiger partial charge in [0, 0.05) is 0 Å². The highest BCUT2D eigenvalue weighted by Crippen LogP contribution is 2.01. The van der Waals surface area contributed by atoms with Gasteiger partial charge in [-0.1, -0.05) is 12.8 Å². The third kappa shape index (κ3) is 3.54. The lowest BCUT2D eigenvalue weighted by Crippen LogP contribution is -2.24. The molecule has 0 aromatic heterocycles. The average molecular weight is 157 g/mol. The molecule has 0 fully saturated rings. The predicted molar refractivity (Wildman–Crippen MR) is 39.9 cm³/mol. The lowest BCUT2D eigenvalue weighted by atomic mass is 10.7. The Hall–Kier alpha value is 0.970. The van der Waals surface area contributed by atoms with Crippen molar-refractivity contribution in [3.05, 3.63) is 0 Å². The van der Waals surface area contributed by atoms with Crippen molar-refractivity contribution in [3.8, 4) is 0 Å². The maximum atomic E-state index is 8.50. The molecule has 0 radical (unpaired) electrons. The second kappa shape index (κ2) is 3.91. The normalized spacial score (nSPS) is 18.9. The SMILES string of the molecule is OC(S)[C@H](S)NS. The van der Waals surface area contributed by atoms with E-state index in [1.807, 2.05) is 0 Å². The summed E-state index contributed by atoms with van der Waals surface area (Å²) in [6.07, 6.45) is 0. The van der Waals surface area contributed by atoms with Crippen LogP contribution in [0.3, 0.4) is 0 Å². The molecule has 0 aromatic carbocycles. The van der Waals surface area contributed by atoms with Gasteiger partial charge in [-0.05, 0) is 0 Å². The van der Waals surface area contributed by atoms with E-state index < -0.39 is 5.44 Å². The first-order chi connectivity index (χ1) is 3.18. The summed E-state index contributed by atoms with van der Waals surface area (Å²) in [4.78, 5) is 0. The molecule has 2 N–H and O–H groups in total. The minimum Gasteiger partial charge on any atom is -0.380 e. The monoisotopic (exact) mass is 157 g/mol. The largest absolute Gasteiger partial charge is 0.380 e. The van der Waals surface area contributed by atoms with E-state index >= 15 is 0 Å². The van der Waals surface area contributed by atoms with Crippen molar-refractivity contribution in [2.45, 2.75) is 10.8 Å². The molecule has 2 nitrogen and oxygen atoms in total. The Morgan fingerprint density at radius 3 is 1.86 bits per heavy atom. The maximum Gasteiger partial charge on any atom is 0.122 e. The van der Waals surface area contributed by atoms with Gasteiger partial charge >= 0.3 is 0 Å². The van der Waals surface area contributed by atoms with Crippen LogP contribution < -0.4 is 4.72 Å². The van der Waals surface area contributed by atoms with Crippen LogP contribution in [0.25, 0.3) is 0 Å². The number of hydrogen-bond acceptors (Lipinski definition) is 5. The Morgan fingerprint density at radius 2 is 1.86 bits per heavy atom. The van der Waals surface area contributed by atoms with E-state index in [9.17, 15) is 0 Å². The maximum absolute atomic E-state index is 8.50. The Bertz CT molecular complexity index is 50.2. The summed E-state index contributed by atoms with van der Waals surface area (Å²) in [6, 6.07) is 0. The lowest BCUT2D eigenvalue weighted by molar-refractivity contribution is 0.260. The Balaban J connectivity index is 3.14. The van der Waals surface area contributed by atoms with E-state index in [0.29, 0.717) is 0 Å². The fourth-order valence-electron chi connectivity index (χ4n) is 0.0667. The molecule has 0 amide bonds. The first kappa shape index (κ1) is 7.97. The van der Waals surface area contributed by atoms with Crippen LogP contribution in [-0.4, -0.2) is 15.9 Å². The standard InChI is InChI=1S/C2H7NOS3/c4-2(6)1(5)3-7/h1-7H/t1-,2?/m0/s1. The van der Waals surface area contributed by atoms with Gasteiger partial charge in [0.25, 0.3) is 0 Å². The van der Waals surface area contributed by atoms with Crippen LogP contribution in [0.5, 0.6) is 0 Å². The zero-order valence-electron chi connectivity index (χ0n) is 3.44. The molecule has 5 heteroatoms. The molecule has 0 saturated heterocycles. The molecular weight excluding hydrogens is 150 g/mol.